The minimum Gasteiger partial charge on any atom is -0.361 e. The van der Waals surface area contributed by atoms with Crippen LogP contribution in [0.25, 0.3) is 0 Å². The van der Waals surface area contributed by atoms with E-state index in [2.05, 4.69) is 15.4 Å². The lowest BCUT2D eigenvalue weighted by Crippen LogP contribution is -2.52. The van der Waals surface area contributed by atoms with Crippen LogP contribution in [0.1, 0.15) is 41.9 Å². The molecule has 3 rings (SSSR count). The van der Waals surface area contributed by atoms with Crippen molar-refractivity contribution in [1.82, 2.24) is 15.4 Å². The van der Waals surface area contributed by atoms with Crippen LogP contribution in [0.2, 0.25) is 0 Å². The molecule has 0 aliphatic carbocycles. The topological polar surface area (TPSA) is 58.4 Å². The molecular formula is C13H19N3O2. The van der Waals surface area contributed by atoms with E-state index in [9.17, 15) is 4.79 Å². The summed E-state index contributed by atoms with van der Waals surface area (Å²) in [5.74, 6) is 0.567. The minimum atomic E-state index is -0.106. The smallest absolute Gasteiger partial charge is 0.273 e. The first kappa shape index (κ1) is 11.7. The van der Waals surface area contributed by atoms with Gasteiger partial charge in [-0.2, -0.15) is 0 Å². The molecular weight excluding hydrogens is 230 g/mol. The first-order valence-corrected chi connectivity index (χ1v) is 6.72. The monoisotopic (exact) mass is 249 g/mol. The maximum atomic E-state index is 12.1. The molecule has 1 N–H and O–H groups in total. The van der Waals surface area contributed by atoms with E-state index in [4.69, 9.17) is 4.52 Å². The minimum absolute atomic E-state index is 0.106. The van der Waals surface area contributed by atoms with Crippen LogP contribution in [0.15, 0.2) is 10.6 Å². The summed E-state index contributed by atoms with van der Waals surface area (Å²) in [5.41, 5.74) is 0.391. The highest BCUT2D eigenvalue weighted by Gasteiger charge is 2.35. The van der Waals surface area contributed by atoms with Crippen LogP contribution in [0.4, 0.5) is 0 Å². The molecule has 5 nitrogen and oxygen atoms in total. The summed E-state index contributed by atoms with van der Waals surface area (Å²) in [5, 5.41) is 6.88. The summed E-state index contributed by atoms with van der Waals surface area (Å²) in [6.07, 6.45) is 4.69. The molecule has 0 aromatic carbocycles. The number of aromatic nitrogens is 1. The van der Waals surface area contributed by atoms with Crippen molar-refractivity contribution in [1.29, 1.82) is 0 Å². The summed E-state index contributed by atoms with van der Waals surface area (Å²) in [6.45, 7) is 4.16. The lowest BCUT2D eigenvalue weighted by atomic mass is 9.96. The Morgan fingerprint density at radius 3 is 2.94 bits per heavy atom. The van der Waals surface area contributed by atoms with Crippen molar-refractivity contribution < 1.29 is 9.32 Å². The number of nitrogens with zero attached hydrogens (tertiary/aromatic N) is 2. The second kappa shape index (κ2) is 4.72. The summed E-state index contributed by atoms with van der Waals surface area (Å²) in [6, 6.07) is 2.48. The Bertz CT molecular complexity index is 443. The van der Waals surface area contributed by atoms with E-state index in [-0.39, 0.29) is 11.9 Å². The molecule has 2 atom stereocenters. The SMILES string of the molecule is Cc1cc(C(=O)N[C@H]2CCCN3CCC[C@@H]23)no1. The van der Waals surface area contributed by atoms with Gasteiger partial charge in [-0.15, -0.1) is 0 Å². The van der Waals surface area contributed by atoms with E-state index >= 15 is 0 Å². The predicted octanol–water partition coefficient (Wildman–Crippen LogP) is 1.34. The molecule has 2 fully saturated rings. The Morgan fingerprint density at radius 1 is 1.44 bits per heavy atom. The fourth-order valence-corrected chi connectivity index (χ4v) is 3.18. The van der Waals surface area contributed by atoms with E-state index < -0.39 is 0 Å². The zero-order valence-electron chi connectivity index (χ0n) is 10.7. The van der Waals surface area contributed by atoms with E-state index in [1.807, 2.05) is 0 Å². The van der Waals surface area contributed by atoms with Gasteiger partial charge in [-0.25, -0.2) is 0 Å². The van der Waals surface area contributed by atoms with Crippen molar-refractivity contribution >= 4 is 5.91 Å². The highest BCUT2D eigenvalue weighted by atomic mass is 16.5. The van der Waals surface area contributed by atoms with Crippen LogP contribution >= 0.6 is 0 Å². The average molecular weight is 249 g/mol. The molecule has 2 aliphatic heterocycles. The molecule has 0 radical (unpaired) electrons. The summed E-state index contributed by atoms with van der Waals surface area (Å²) < 4.78 is 4.94. The van der Waals surface area contributed by atoms with Gasteiger partial charge in [0.25, 0.3) is 5.91 Å². The standard InChI is InChI=1S/C13H19N3O2/c1-9-8-11(15-18-9)13(17)14-10-4-2-6-16-7-3-5-12(10)16/h8,10,12H,2-7H2,1H3,(H,14,17)/t10-,12-/m0/s1. The third-order valence-corrected chi connectivity index (χ3v) is 4.02. The Kier molecular flexibility index (Phi) is 3.07. The van der Waals surface area contributed by atoms with Crippen molar-refractivity contribution in [3.05, 3.63) is 17.5 Å². The largest absolute Gasteiger partial charge is 0.361 e. The van der Waals surface area contributed by atoms with Gasteiger partial charge in [-0.3, -0.25) is 9.69 Å². The second-order valence-corrected chi connectivity index (χ2v) is 5.29. The van der Waals surface area contributed by atoms with Crippen LogP contribution in [-0.2, 0) is 0 Å². The fraction of sp³-hybridized carbons (Fsp3) is 0.692. The third-order valence-electron chi connectivity index (χ3n) is 4.02. The number of fused-ring (bicyclic) bond motifs is 1. The van der Waals surface area contributed by atoms with Gasteiger partial charge in [0, 0.05) is 18.2 Å². The van der Waals surface area contributed by atoms with Gasteiger partial charge >= 0.3 is 0 Å². The lowest BCUT2D eigenvalue weighted by Gasteiger charge is -2.36. The Morgan fingerprint density at radius 2 is 2.22 bits per heavy atom. The van der Waals surface area contributed by atoms with Gasteiger partial charge in [-0.1, -0.05) is 5.16 Å². The molecule has 0 unspecified atom stereocenters. The van der Waals surface area contributed by atoms with Crippen molar-refractivity contribution in [2.75, 3.05) is 13.1 Å². The van der Waals surface area contributed by atoms with E-state index in [1.165, 1.54) is 32.4 Å². The first-order chi connectivity index (χ1) is 8.74. The number of hydrogen-bond donors (Lipinski definition) is 1. The molecule has 0 spiro atoms. The summed E-state index contributed by atoms with van der Waals surface area (Å²) in [7, 11) is 0. The Hall–Kier alpha value is -1.36. The molecule has 0 saturated carbocycles. The highest BCUT2D eigenvalue weighted by Crippen LogP contribution is 2.27. The normalized spacial score (nSPS) is 28.1. The van der Waals surface area contributed by atoms with Crippen LogP contribution in [0.5, 0.6) is 0 Å². The molecule has 18 heavy (non-hydrogen) atoms. The molecule has 2 saturated heterocycles. The van der Waals surface area contributed by atoms with E-state index in [0.717, 1.165) is 6.42 Å². The summed E-state index contributed by atoms with van der Waals surface area (Å²) >= 11 is 0. The number of piperidine rings is 1. The number of amides is 1. The molecule has 1 amide bonds. The zero-order chi connectivity index (χ0) is 12.5. The maximum absolute atomic E-state index is 12.1. The number of carbonyl (C=O) groups is 1. The quantitative estimate of drug-likeness (QED) is 0.859. The number of hydrogen-bond acceptors (Lipinski definition) is 4. The molecule has 3 heterocycles. The molecule has 2 aliphatic rings. The van der Waals surface area contributed by atoms with Gasteiger partial charge in [-0.05, 0) is 45.7 Å². The van der Waals surface area contributed by atoms with Gasteiger partial charge in [0.1, 0.15) is 5.76 Å². The van der Waals surface area contributed by atoms with Gasteiger partial charge in [0.15, 0.2) is 5.69 Å². The number of carbonyl (C=O) groups excluding carboxylic acids is 1. The average Bonchev–Trinajstić information content (AvgIpc) is 2.97. The van der Waals surface area contributed by atoms with Crippen LogP contribution in [0.3, 0.4) is 0 Å². The zero-order valence-corrected chi connectivity index (χ0v) is 10.7. The highest BCUT2D eigenvalue weighted by molar-refractivity contribution is 5.92. The Labute approximate surface area is 107 Å². The molecule has 5 heteroatoms. The van der Waals surface area contributed by atoms with Crippen molar-refractivity contribution in [2.45, 2.75) is 44.7 Å². The van der Waals surface area contributed by atoms with Crippen LogP contribution in [-0.4, -0.2) is 41.1 Å². The van der Waals surface area contributed by atoms with Crippen molar-refractivity contribution in [3.8, 4) is 0 Å². The molecule has 1 aromatic heterocycles. The first-order valence-electron chi connectivity index (χ1n) is 6.72. The molecule has 1 aromatic rings. The maximum Gasteiger partial charge on any atom is 0.273 e. The fourth-order valence-electron chi connectivity index (χ4n) is 3.18. The predicted molar refractivity (Wildman–Crippen MR) is 66.3 cm³/mol. The van der Waals surface area contributed by atoms with E-state index in [0.29, 0.717) is 17.5 Å². The van der Waals surface area contributed by atoms with Crippen molar-refractivity contribution in [2.24, 2.45) is 0 Å². The van der Waals surface area contributed by atoms with E-state index in [1.54, 1.807) is 13.0 Å². The summed E-state index contributed by atoms with van der Waals surface area (Å²) in [4.78, 5) is 14.6. The van der Waals surface area contributed by atoms with Gasteiger partial charge < -0.3 is 9.84 Å². The lowest BCUT2D eigenvalue weighted by molar-refractivity contribution is 0.0859. The molecule has 98 valence electrons. The van der Waals surface area contributed by atoms with Crippen molar-refractivity contribution in [3.63, 3.8) is 0 Å². The van der Waals surface area contributed by atoms with Gasteiger partial charge in [0.05, 0.1) is 0 Å². The second-order valence-electron chi connectivity index (χ2n) is 5.29. The van der Waals surface area contributed by atoms with Crippen LogP contribution in [0, 0.1) is 6.92 Å². The van der Waals surface area contributed by atoms with Crippen LogP contribution < -0.4 is 5.32 Å². The molecule has 0 bridgehead atoms. The van der Waals surface area contributed by atoms with Gasteiger partial charge in [0.2, 0.25) is 0 Å². The number of aryl methyl sites for hydroxylation is 1. The number of rotatable bonds is 2. The number of nitrogens with one attached hydrogen (secondary N) is 1. The third kappa shape index (κ3) is 2.14. The Balaban J connectivity index is 1.66.